The van der Waals surface area contributed by atoms with Crippen LogP contribution in [-0.4, -0.2) is 18.3 Å². The van der Waals surface area contributed by atoms with Crippen molar-refractivity contribution in [2.75, 3.05) is 13.2 Å². The number of hydrogen-bond acceptors (Lipinski definition) is 2. The van der Waals surface area contributed by atoms with Gasteiger partial charge in [-0.15, -0.1) is 0 Å². The van der Waals surface area contributed by atoms with Gasteiger partial charge in [0, 0.05) is 13.2 Å². The summed E-state index contributed by atoms with van der Waals surface area (Å²) in [5, 5.41) is 10.1. The monoisotopic (exact) mass is 348 g/mol. The maximum absolute atomic E-state index is 10.1. The first-order chi connectivity index (χ1) is 12.7. The molecule has 3 rings (SSSR count). The molecule has 0 aliphatic heterocycles. The number of benzene rings is 3. The van der Waals surface area contributed by atoms with Gasteiger partial charge in [0.25, 0.3) is 0 Å². The molecule has 0 heterocycles. The fourth-order valence-corrected chi connectivity index (χ4v) is 2.72. The summed E-state index contributed by atoms with van der Waals surface area (Å²) in [6, 6.07) is 26.5. The van der Waals surface area contributed by atoms with Crippen molar-refractivity contribution >= 4 is 0 Å². The highest BCUT2D eigenvalue weighted by molar-refractivity contribution is 5.65. The SMILES string of the molecule is CCOCC.Oc1ccc(-c2ccccc2)cc1CCc1ccccc1. The van der Waals surface area contributed by atoms with Crippen LogP contribution >= 0.6 is 0 Å². The minimum absolute atomic E-state index is 0.380. The smallest absolute Gasteiger partial charge is 0.118 e. The van der Waals surface area contributed by atoms with Crippen molar-refractivity contribution in [1.82, 2.24) is 0 Å². The summed E-state index contributed by atoms with van der Waals surface area (Å²) < 4.78 is 4.83. The van der Waals surface area contributed by atoms with Crippen molar-refractivity contribution in [1.29, 1.82) is 0 Å². The van der Waals surface area contributed by atoms with Crippen LogP contribution < -0.4 is 0 Å². The average molecular weight is 348 g/mol. The van der Waals surface area contributed by atoms with Gasteiger partial charge in [-0.05, 0) is 61.1 Å². The number of phenols is 1. The molecule has 1 N–H and O–H groups in total. The highest BCUT2D eigenvalue weighted by Gasteiger charge is 2.05. The van der Waals surface area contributed by atoms with Gasteiger partial charge in [-0.2, -0.15) is 0 Å². The van der Waals surface area contributed by atoms with Crippen LogP contribution in [0.1, 0.15) is 25.0 Å². The third kappa shape index (κ3) is 6.38. The van der Waals surface area contributed by atoms with E-state index in [1.54, 1.807) is 6.07 Å². The van der Waals surface area contributed by atoms with Crippen LogP contribution in [-0.2, 0) is 17.6 Å². The topological polar surface area (TPSA) is 29.5 Å². The van der Waals surface area contributed by atoms with Crippen molar-refractivity contribution in [3.8, 4) is 16.9 Å². The van der Waals surface area contributed by atoms with Crippen molar-refractivity contribution in [3.63, 3.8) is 0 Å². The zero-order valence-electron chi connectivity index (χ0n) is 15.7. The lowest BCUT2D eigenvalue weighted by molar-refractivity contribution is 0.162. The third-order valence-corrected chi connectivity index (χ3v) is 4.12. The van der Waals surface area contributed by atoms with Crippen LogP contribution in [0, 0.1) is 0 Å². The summed E-state index contributed by atoms with van der Waals surface area (Å²) >= 11 is 0. The van der Waals surface area contributed by atoms with E-state index in [0.717, 1.165) is 37.2 Å². The maximum atomic E-state index is 10.1. The molecule has 26 heavy (non-hydrogen) atoms. The standard InChI is InChI=1S/C20H18O.C4H10O/c21-20-14-13-18(17-9-5-2-6-10-17)15-19(20)12-11-16-7-3-1-4-8-16;1-3-5-4-2/h1-10,13-15,21H,11-12H2;3-4H2,1-2H3. The molecule has 3 aromatic carbocycles. The Hall–Kier alpha value is -2.58. The summed E-state index contributed by atoms with van der Waals surface area (Å²) in [6.45, 7) is 5.67. The molecule has 0 unspecified atom stereocenters. The second kappa shape index (κ2) is 11.1. The van der Waals surface area contributed by atoms with E-state index in [1.165, 1.54) is 11.1 Å². The van der Waals surface area contributed by atoms with E-state index in [2.05, 4.69) is 42.5 Å². The number of ether oxygens (including phenoxy) is 1. The molecular weight excluding hydrogens is 320 g/mol. The Balaban J connectivity index is 0.000000431. The van der Waals surface area contributed by atoms with Gasteiger partial charge >= 0.3 is 0 Å². The maximum Gasteiger partial charge on any atom is 0.118 e. The lowest BCUT2D eigenvalue weighted by Crippen LogP contribution is -1.92. The van der Waals surface area contributed by atoms with E-state index >= 15 is 0 Å². The fourth-order valence-electron chi connectivity index (χ4n) is 2.72. The Labute approximate surface area is 157 Å². The second-order valence-corrected chi connectivity index (χ2v) is 5.98. The molecule has 3 aromatic rings. The fraction of sp³-hybridized carbons (Fsp3) is 0.250. The molecule has 0 amide bonds. The van der Waals surface area contributed by atoms with E-state index in [0.29, 0.717) is 5.75 Å². The van der Waals surface area contributed by atoms with Gasteiger partial charge in [-0.3, -0.25) is 0 Å². The molecule has 0 radical (unpaired) electrons. The molecule has 0 bridgehead atoms. The summed E-state index contributed by atoms with van der Waals surface area (Å²) in [4.78, 5) is 0. The van der Waals surface area contributed by atoms with Gasteiger partial charge in [0.1, 0.15) is 5.75 Å². The Bertz CT molecular complexity index is 750. The molecule has 136 valence electrons. The van der Waals surface area contributed by atoms with Crippen LogP contribution in [0.3, 0.4) is 0 Å². The van der Waals surface area contributed by atoms with Gasteiger partial charge in [-0.1, -0.05) is 66.7 Å². The molecule has 0 fully saturated rings. The highest BCUT2D eigenvalue weighted by Crippen LogP contribution is 2.26. The van der Waals surface area contributed by atoms with Gasteiger partial charge in [0.15, 0.2) is 0 Å². The number of aromatic hydroxyl groups is 1. The predicted molar refractivity (Wildman–Crippen MR) is 110 cm³/mol. The molecule has 2 nitrogen and oxygen atoms in total. The molecule has 0 saturated carbocycles. The lowest BCUT2D eigenvalue weighted by Gasteiger charge is -2.08. The molecule has 2 heteroatoms. The first-order valence-corrected chi connectivity index (χ1v) is 9.23. The molecule has 0 atom stereocenters. The number of rotatable bonds is 6. The van der Waals surface area contributed by atoms with Crippen LogP contribution in [0.5, 0.6) is 5.75 Å². The lowest BCUT2D eigenvalue weighted by atomic mass is 9.98. The minimum atomic E-state index is 0.380. The summed E-state index contributed by atoms with van der Waals surface area (Å²) in [5.41, 5.74) is 4.62. The molecule has 0 saturated heterocycles. The first-order valence-electron chi connectivity index (χ1n) is 9.23. The van der Waals surface area contributed by atoms with E-state index in [1.807, 2.05) is 44.2 Å². The largest absolute Gasteiger partial charge is 0.508 e. The zero-order valence-corrected chi connectivity index (χ0v) is 15.7. The van der Waals surface area contributed by atoms with Crippen LogP contribution in [0.2, 0.25) is 0 Å². The van der Waals surface area contributed by atoms with Gasteiger partial charge in [0.2, 0.25) is 0 Å². The quantitative estimate of drug-likeness (QED) is 0.602. The Kier molecular flexibility index (Phi) is 8.44. The Morgan fingerprint density at radius 1 is 0.692 bits per heavy atom. The van der Waals surface area contributed by atoms with E-state index in [-0.39, 0.29) is 0 Å². The summed E-state index contributed by atoms with van der Waals surface area (Å²) in [6.07, 6.45) is 1.78. The second-order valence-electron chi connectivity index (χ2n) is 5.98. The average Bonchev–Trinajstić information content (AvgIpc) is 2.70. The van der Waals surface area contributed by atoms with Crippen LogP contribution in [0.15, 0.2) is 78.9 Å². The van der Waals surface area contributed by atoms with Gasteiger partial charge in [0.05, 0.1) is 0 Å². The number of hydrogen-bond donors (Lipinski definition) is 1. The van der Waals surface area contributed by atoms with Crippen molar-refractivity contribution in [2.45, 2.75) is 26.7 Å². The normalized spacial score (nSPS) is 10.1. The summed E-state index contributed by atoms with van der Waals surface area (Å²) in [7, 11) is 0. The van der Waals surface area contributed by atoms with E-state index in [4.69, 9.17) is 4.74 Å². The van der Waals surface area contributed by atoms with E-state index in [9.17, 15) is 5.11 Å². The first kappa shape index (κ1) is 19.7. The van der Waals surface area contributed by atoms with Crippen molar-refractivity contribution < 1.29 is 9.84 Å². The molecule has 0 spiro atoms. The van der Waals surface area contributed by atoms with Crippen LogP contribution in [0.4, 0.5) is 0 Å². The third-order valence-electron chi connectivity index (χ3n) is 4.12. The van der Waals surface area contributed by atoms with Gasteiger partial charge in [-0.25, -0.2) is 0 Å². The van der Waals surface area contributed by atoms with E-state index < -0.39 is 0 Å². The van der Waals surface area contributed by atoms with Crippen molar-refractivity contribution in [3.05, 3.63) is 90.0 Å². The van der Waals surface area contributed by atoms with Crippen molar-refractivity contribution in [2.24, 2.45) is 0 Å². The highest BCUT2D eigenvalue weighted by atomic mass is 16.5. The predicted octanol–water partition coefficient (Wildman–Crippen LogP) is 5.89. The van der Waals surface area contributed by atoms with Crippen LogP contribution in [0.25, 0.3) is 11.1 Å². The minimum Gasteiger partial charge on any atom is -0.508 e. The summed E-state index contributed by atoms with van der Waals surface area (Å²) in [5.74, 6) is 0.380. The number of aryl methyl sites for hydroxylation is 2. The Morgan fingerprint density at radius 2 is 1.31 bits per heavy atom. The Morgan fingerprint density at radius 3 is 1.88 bits per heavy atom. The molecule has 0 aliphatic rings. The van der Waals surface area contributed by atoms with Gasteiger partial charge < -0.3 is 9.84 Å². The molecular formula is C24H28O2. The zero-order chi connectivity index (χ0) is 18.6. The number of phenolic OH excluding ortho intramolecular Hbond substituents is 1. The molecule has 0 aliphatic carbocycles. The molecule has 0 aromatic heterocycles.